The van der Waals surface area contributed by atoms with Gasteiger partial charge in [-0.25, -0.2) is 9.79 Å². The Morgan fingerprint density at radius 2 is 1.63 bits per heavy atom. The van der Waals surface area contributed by atoms with Gasteiger partial charge < -0.3 is 18.9 Å². The predicted octanol–water partition coefficient (Wildman–Crippen LogP) is 7.08. The quantitative estimate of drug-likeness (QED) is 0.135. The minimum Gasteiger partial charge on any atom is -0.497 e. The Morgan fingerprint density at radius 1 is 0.843 bits per heavy atom. The molecule has 0 N–H and O–H groups in total. The molecule has 0 saturated carbocycles. The second-order valence-corrected chi connectivity index (χ2v) is 12.8. The molecule has 6 aromatic rings. The third-order valence-electron chi connectivity index (χ3n) is 8.61. The van der Waals surface area contributed by atoms with Crippen LogP contribution in [0.2, 0.25) is 0 Å². The third kappa shape index (κ3) is 6.80. The van der Waals surface area contributed by atoms with Gasteiger partial charge in [0.1, 0.15) is 12.4 Å². The van der Waals surface area contributed by atoms with E-state index >= 15 is 0 Å². The highest BCUT2D eigenvalue weighted by atomic mass is 32.1. The standard InChI is InChI=1S/C42H36N2O6S/c1-4-48-35-23-27(21-22-34(35)50-26-31-18-11-16-28-13-9-10-20-33(28)31)24-36-40(45)44-39(30-17-12-19-32(25-30)47-3)37(41(46)49-5-2)38(43-42(44)51-36)29-14-7-6-8-15-29/h6-25,39H,4-5,26H2,1-3H3/b36-24-/t39-/m1/s1. The summed E-state index contributed by atoms with van der Waals surface area (Å²) in [5.41, 5.74) is 3.72. The van der Waals surface area contributed by atoms with E-state index in [2.05, 4.69) is 24.3 Å². The van der Waals surface area contributed by atoms with Crippen LogP contribution in [0.25, 0.3) is 22.5 Å². The average molecular weight is 697 g/mol. The first kappa shape index (κ1) is 33.6. The molecule has 0 unspecified atom stereocenters. The number of benzene rings is 5. The van der Waals surface area contributed by atoms with Gasteiger partial charge >= 0.3 is 5.97 Å². The number of nitrogens with zero attached hydrogens (tertiary/aromatic N) is 2. The lowest BCUT2D eigenvalue weighted by atomic mass is 9.93. The van der Waals surface area contributed by atoms with E-state index in [0.717, 1.165) is 27.5 Å². The van der Waals surface area contributed by atoms with E-state index < -0.39 is 12.0 Å². The molecule has 0 bridgehead atoms. The molecule has 1 aromatic heterocycles. The van der Waals surface area contributed by atoms with Crippen molar-refractivity contribution in [3.63, 3.8) is 0 Å². The first-order chi connectivity index (χ1) is 25.0. The van der Waals surface area contributed by atoms with E-state index in [-0.39, 0.29) is 17.7 Å². The number of esters is 1. The summed E-state index contributed by atoms with van der Waals surface area (Å²) in [6.45, 7) is 4.66. The number of carbonyl (C=O) groups is 1. The zero-order valence-corrected chi connectivity index (χ0v) is 29.3. The average Bonchev–Trinajstić information content (AvgIpc) is 3.48. The second-order valence-electron chi connectivity index (χ2n) is 11.8. The maximum atomic E-state index is 14.4. The van der Waals surface area contributed by atoms with E-state index in [9.17, 15) is 9.59 Å². The normalized spacial score (nSPS) is 14.2. The molecule has 5 aromatic carbocycles. The molecule has 0 aliphatic carbocycles. The van der Waals surface area contributed by atoms with Gasteiger partial charge in [-0.1, -0.05) is 102 Å². The van der Waals surface area contributed by atoms with Crippen LogP contribution in [0.4, 0.5) is 0 Å². The molecule has 1 aliphatic rings. The Morgan fingerprint density at radius 3 is 2.43 bits per heavy atom. The summed E-state index contributed by atoms with van der Waals surface area (Å²) in [6.07, 6.45) is 1.82. The molecular weight excluding hydrogens is 661 g/mol. The molecule has 0 spiro atoms. The van der Waals surface area contributed by atoms with Crippen LogP contribution < -0.4 is 29.1 Å². The fraction of sp³-hybridized carbons (Fsp3) is 0.167. The predicted molar refractivity (Wildman–Crippen MR) is 200 cm³/mol. The number of aromatic nitrogens is 1. The smallest absolute Gasteiger partial charge is 0.338 e. The minimum absolute atomic E-state index is 0.170. The lowest BCUT2D eigenvalue weighted by molar-refractivity contribution is -0.138. The van der Waals surface area contributed by atoms with Crippen molar-refractivity contribution >= 4 is 39.9 Å². The van der Waals surface area contributed by atoms with Crippen LogP contribution in [0.5, 0.6) is 17.2 Å². The zero-order valence-electron chi connectivity index (χ0n) is 28.5. The summed E-state index contributed by atoms with van der Waals surface area (Å²) in [6, 6.07) is 36.1. The highest BCUT2D eigenvalue weighted by molar-refractivity contribution is 7.07. The van der Waals surface area contributed by atoms with Crippen molar-refractivity contribution in [2.45, 2.75) is 26.5 Å². The van der Waals surface area contributed by atoms with Crippen LogP contribution in [0.1, 0.15) is 42.1 Å². The second kappa shape index (κ2) is 14.9. The fourth-order valence-corrected chi connectivity index (χ4v) is 7.30. The molecule has 256 valence electrons. The van der Waals surface area contributed by atoms with Crippen molar-refractivity contribution in [1.29, 1.82) is 0 Å². The van der Waals surface area contributed by atoms with E-state index in [1.807, 2.05) is 104 Å². The molecule has 0 saturated heterocycles. The van der Waals surface area contributed by atoms with Gasteiger partial charge in [0, 0.05) is 5.56 Å². The summed E-state index contributed by atoms with van der Waals surface area (Å²) >= 11 is 1.26. The van der Waals surface area contributed by atoms with Gasteiger partial charge in [-0.15, -0.1) is 0 Å². The van der Waals surface area contributed by atoms with E-state index in [4.69, 9.17) is 23.9 Å². The fourth-order valence-electron chi connectivity index (χ4n) is 6.29. The first-order valence-corrected chi connectivity index (χ1v) is 17.6. The van der Waals surface area contributed by atoms with E-state index in [0.29, 0.717) is 51.1 Å². The summed E-state index contributed by atoms with van der Waals surface area (Å²) in [5, 5.41) is 2.29. The lowest BCUT2D eigenvalue weighted by Gasteiger charge is -2.26. The van der Waals surface area contributed by atoms with Crippen LogP contribution in [0.3, 0.4) is 0 Å². The van der Waals surface area contributed by atoms with Crippen molar-refractivity contribution in [3.05, 3.63) is 163 Å². The van der Waals surface area contributed by atoms with Crippen LogP contribution in [-0.2, 0) is 16.1 Å². The van der Waals surface area contributed by atoms with E-state index in [1.165, 1.54) is 11.3 Å². The minimum atomic E-state index is -0.809. The Hall–Kier alpha value is -5.93. The number of ether oxygens (including phenoxy) is 4. The van der Waals surface area contributed by atoms with Crippen LogP contribution in [-0.4, -0.2) is 30.9 Å². The molecule has 2 heterocycles. The number of fused-ring (bicyclic) bond motifs is 2. The Kier molecular flexibility index (Phi) is 9.81. The van der Waals surface area contributed by atoms with Crippen LogP contribution in [0.15, 0.2) is 131 Å². The molecule has 7 rings (SSSR count). The summed E-state index contributed by atoms with van der Waals surface area (Å²) in [5.74, 6) is 1.24. The molecule has 0 radical (unpaired) electrons. The van der Waals surface area contributed by atoms with Gasteiger partial charge in [0.15, 0.2) is 16.3 Å². The zero-order chi connectivity index (χ0) is 35.3. The van der Waals surface area contributed by atoms with E-state index in [1.54, 1.807) is 18.6 Å². The number of rotatable bonds is 11. The monoisotopic (exact) mass is 696 g/mol. The number of hydrogen-bond acceptors (Lipinski definition) is 8. The molecule has 51 heavy (non-hydrogen) atoms. The number of methoxy groups -OCH3 is 1. The number of carbonyl (C=O) groups excluding carboxylic acids is 1. The van der Waals surface area contributed by atoms with Gasteiger partial charge in [-0.05, 0) is 71.7 Å². The largest absolute Gasteiger partial charge is 0.497 e. The van der Waals surface area contributed by atoms with Crippen molar-refractivity contribution < 1.29 is 23.7 Å². The summed E-state index contributed by atoms with van der Waals surface area (Å²) in [7, 11) is 1.58. The van der Waals surface area contributed by atoms with Gasteiger partial charge in [-0.2, -0.15) is 0 Å². The molecule has 0 amide bonds. The van der Waals surface area contributed by atoms with Gasteiger partial charge in [-0.3, -0.25) is 9.36 Å². The van der Waals surface area contributed by atoms with Gasteiger partial charge in [0.2, 0.25) is 0 Å². The Balaban J connectivity index is 1.33. The maximum absolute atomic E-state index is 14.4. The summed E-state index contributed by atoms with van der Waals surface area (Å²) < 4.78 is 25.5. The van der Waals surface area contributed by atoms with Crippen molar-refractivity contribution in [1.82, 2.24) is 4.57 Å². The number of thiazole rings is 1. The molecule has 1 atom stereocenters. The molecule has 0 fully saturated rings. The first-order valence-electron chi connectivity index (χ1n) is 16.8. The van der Waals surface area contributed by atoms with Crippen LogP contribution in [0, 0.1) is 0 Å². The van der Waals surface area contributed by atoms with Crippen molar-refractivity contribution in [3.8, 4) is 17.2 Å². The lowest BCUT2D eigenvalue weighted by Crippen LogP contribution is -2.40. The van der Waals surface area contributed by atoms with Gasteiger partial charge in [0.25, 0.3) is 5.56 Å². The molecule has 9 heteroatoms. The third-order valence-corrected chi connectivity index (χ3v) is 9.59. The molecular formula is C42H36N2O6S. The highest BCUT2D eigenvalue weighted by Gasteiger charge is 2.35. The SMILES string of the molecule is CCOC(=O)C1=C(c2ccccc2)N=c2s/c(=C\c3ccc(OCc4cccc5ccccc45)c(OCC)c3)c(=O)n2[C@@H]1c1cccc(OC)c1. The van der Waals surface area contributed by atoms with Crippen molar-refractivity contribution in [2.24, 2.45) is 4.99 Å². The van der Waals surface area contributed by atoms with Crippen LogP contribution >= 0.6 is 11.3 Å². The van der Waals surface area contributed by atoms with Crippen molar-refractivity contribution in [2.75, 3.05) is 20.3 Å². The number of hydrogen-bond donors (Lipinski definition) is 0. The molecule has 1 aliphatic heterocycles. The summed E-state index contributed by atoms with van der Waals surface area (Å²) in [4.78, 5) is 33.6. The highest BCUT2D eigenvalue weighted by Crippen LogP contribution is 2.36. The van der Waals surface area contributed by atoms with Gasteiger partial charge in [0.05, 0.1) is 42.2 Å². The Bertz CT molecular complexity index is 2440. The topological polar surface area (TPSA) is 88.4 Å². The Labute approximate surface area is 299 Å². The maximum Gasteiger partial charge on any atom is 0.338 e. The molecule has 8 nitrogen and oxygen atoms in total.